The minimum atomic E-state index is -0.160. The number of carbonyl (C=O) groups is 1. The van der Waals surface area contributed by atoms with Crippen LogP contribution in [0.2, 0.25) is 0 Å². The molecule has 4 aromatic rings. The van der Waals surface area contributed by atoms with E-state index in [4.69, 9.17) is 4.74 Å². The molecule has 1 aromatic heterocycles. The van der Waals surface area contributed by atoms with Gasteiger partial charge in [-0.05, 0) is 30.7 Å². The molecule has 148 valence electrons. The highest BCUT2D eigenvalue weighted by atomic mass is 16.5. The summed E-state index contributed by atoms with van der Waals surface area (Å²) in [5.74, 6) is 1.38. The summed E-state index contributed by atoms with van der Waals surface area (Å²) < 4.78 is 5.89. The lowest BCUT2D eigenvalue weighted by molar-refractivity contribution is 0.0950. The lowest BCUT2D eigenvalue weighted by atomic mass is 10.1. The number of nitrogens with zero attached hydrogens (tertiary/aromatic N) is 2. The predicted octanol–water partition coefficient (Wildman–Crippen LogP) is 5.17. The summed E-state index contributed by atoms with van der Waals surface area (Å²) in [6, 6.07) is 26.5. The van der Waals surface area contributed by atoms with Gasteiger partial charge in [0.25, 0.3) is 5.91 Å². The molecule has 0 atom stereocenters. The van der Waals surface area contributed by atoms with E-state index in [1.54, 1.807) is 36.5 Å². The second kappa shape index (κ2) is 9.01. The van der Waals surface area contributed by atoms with E-state index in [0.29, 0.717) is 29.6 Å². The summed E-state index contributed by atoms with van der Waals surface area (Å²) >= 11 is 0. The smallest absolute Gasteiger partial charge is 0.251 e. The van der Waals surface area contributed by atoms with Gasteiger partial charge in [-0.25, -0.2) is 4.98 Å². The Labute approximate surface area is 175 Å². The molecule has 5 nitrogen and oxygen atoms in total. The Hall–Kier alpha value is -3.99. The Kier molecular flexibility index (Phi) is 5.80. The fourth-order valence-corrected chi connectivity index (χ4v) is 2.94. The third-order valence-electron chi connectivity index (χ3n) is 4.55. The highest BCUT2D eigenvalue weighted by Gasteiger charge is 2.09. The van der Waals surface area contributed by atoms with Crippen molar-refractivity contribution in [1.29, 1.82) is 0 Å². The number of benzene rings is 3. The quantitative estimate of drug-likeness (QED) is 0.489. The van der Waals surface area contributed by atoms with Gasteiger partial charge in [0.15, 0.2) is 5.82 Å². The van der Waals surface area contributed by atoms with Crippen molar-refractivity contribution in [3.63, 3.8) is 0 Å². The number of amides is 1. The fraction of sp³-hybridized carbons (Fsp3) is 0.0800. The average molecular weight is 395 g/mol. The standard InChI is InChI=1S/C25H21N3O2/c1-18-10-12-20(13-11-18)24-26-15-14-23(28-24)30-22-9-5-8-21(16-22)25(29)27-17-19-6-3-2-4-7-19/h2-16H,17H2,1H3,(H,27,29). The zero-order valence-electron chi connectivity index (χ0n) is 16.6. The third-order valence-corrected chi connectivity index (χ3v) is 4.55. The molecule has 0 saturated heterocycles. The molecule has 0 spiro atoms. The number of aromatic nitrogens is 2. The Morgan fingerprint density at radius 2 is 1.73 bits per heavy atom. The van der Waals surface area contributed by atoms with E-state index in [9.17, 15) is 4.79 Å². The first-order chi connectivity index (χ1) is 14.7. The molecule has 0 aliphatic rings. The maximum Gasteiger partial charge on any atom is 0.251 e. The Balaban J connectivity index is 1.46. The third kappa shape index (κ3) is 4.89. The van der Waals surface area contributed by atoms with Crippen LogP contribution in [0.4, 0.5) is 0 Å². The van der Waals surface area contributed by atoms with Gasteiger partial charge in [0.2, 0.25) is 5.88 Å². The number of carbonyl (C=O) groups excluding carboxylic acids is 1. The number of hydrogen-bond donors (Lipinski definition) is 1. The first-order valence-corrected chi connectivity index (χ1v) is 9.67. The highest BCUT2D eigenvalue weighted by Crippen LogP contribution is 2.23. The second-order valence-electron chi connectivity index (χ2n) is 6.88. The lowest BCUT2D eigenvalue weighted by Gasteiger charge is -2.09. The highest BCUT2D eigenvalue weighted by molar-refractivity contribution is 5.94. The number of nitrogens with one attached hydrogen (secondary N) is 1. The molecule has 0 aliphatic heterocycles. The molecule has 1 amide bonds. The molecule has 30 heavy (non-hydrogen) atoms. The van der Waals surface area contributed by atoms with E-state index in [0.717, 1.165) is 11.1 Å². The molecule has 5 heteroatoms. The van der Waals surface area contributed by atoms with Gasteiger partial charge < -0.3 is 10.1 Å². The summed E-state index contributed by atoms with van der Waals surface area (Å²) in [5.41, 5.74) is 3.66. The molecule has 0 unspecified atom stereocenters. The minimum absolute atomic E-state index is 0.160. The van der Waals surface area contributed by atoms with Crippen molar-refractivity contribution in [3.8, 4) is 23.0 Å². The molecule has 1 N–H and O–H groups in total. The van der Waals surface area contributed by atoms with Crippen LogP contribution in [0.15, 0.2) is 91.1 Å². The zero-order chi connectivity index (χ0) is 20.8. The summed E-state index contributed by atoms with van der Waals surface area (Å²) in [5, 5.41) is 2.92. The van der Waals surface area contributed by atoms with Crippen LogP contribution in [0.25, 0.3) is 11.4 Å². The van der Waals surface area contributed by atoms with Crippen molar-refractivity contribution < 1.29 is 9.53 Å². The van der Waals surface area contributed by atoms with E-state index in [1.165, 1.54) is 5.56 Å². The second-order valence-corrected chi connectivity index (χ2v) is 6.88. The summed E-state index contributed by atoms with van der Waals surface area (Å²) in [4.78, 5) is 21.3. The lowest BCUT2D eigenvalue weighted by Crippen LogP contribution is -2.22. The molecular formula is C25H21N3O2. The van der Waals surface area contributed by atoms with E-state index in [-0.39, 0.29) is 5.91 Å². The summed E-state index contributed by atoms with van der Waals surface area (Å²) in [6.45, 7) is 2.50. The summed E-state index contributed by atoms with van der Waals surface area (Å²) in [6.07, 6.45) is 1.66. The molecule has 0 aliphatic carbocycles. The van der Waals surface area contributed by atoms with Gasteiger partial charge in [0.05, 0.1) is 0 Å². The van der Waals surface area contributed by atoms with Crippen molar-refractivity contribution in [3.05, 3.63) is 108 Å². The predicted molar refractivity (Wildman–Crippen MR) is 116 cm³/mol. The monoisotopic (exact) mass is 395 g/mol. The maximum atomic E-state index is 12.5. The molecule has 0 fully saturated rings. The molecular weight excluding hydrogens is 374 g/mol. The largest absolute Gasteiger partial charge is 0.439 e. The van der Waals surface area contributed by atoms with Crippen molar-refractivity contribution in [2.75, 3.05) is 0 Å². The van der Waals surface area contributed by atoms with Crippen LogP contribution in [-0.4, -0.2) is 15.9 Å². The number of aryl methyl sites for hydroxylation is 1. The maximum absolute atomic E-state index is 12.5. The Morgan fingerprint density at radius 1 is 0.933 bits per heavy atom. The zero-order valence-corrected chi connectivity index (χ0v) is 16.6. The van der Waals surface area contributed by atoms with Crippen molar-refractivity contribution in [1.82, 2.24) is 15.3 Å². The van der Waals surface area contributed by atoms with Gasteiger partial charge in [0.1, 0.15) is 5.75 Å². The van der Waals surface area contributed by atoms with Crippen LogP contribution in [0.1, 0.15) is 21.5 Å². The van der Waals surface area contributed by atoms with Gasteiger partial charge in [-0.3, -0.25) is 4.79 Å². The molecule has 0 saturated carbocycles. The topological polar surface area (TPSA) is 64.1 Å². The number of ether oxygens (including phenoxy) is 1. The molecule has 4 rings (SSSR count). The van der Waals surface area contributed by atoms with Crippen LogP contribution in [-0.2, 0) is 6.54 Å². The van der Waals surface area contributed by atoms with Gasteiger partial charge in [0, 0.05) is 29.9 Å². The molecule has 1 heterocycles. The fourth-order valence-electron chi connectivity index (χ4n) is 2.94. The minimum Gasteiger partial charge on any atom is -0.439 e. The molecule has 0 radical (unpaired) electrons. The van der Waals surface area contributed by atoms with Gasteiger partial charge in [-0.15, -0.1) is 0 Å². The van der Waals surface area contributed by atoms with Crippen LogP contribution < -0.4 is 10.1 Å². The van der Waals surface area contributed by atoms with Crippen LogP contribution >= 0.6 is 0 Å². The van der Waals surface area contributed by atoms with E-state index in [2.05, 4.69) is 15.3 Å². The normalized spacial score (nSPS) is 10.4. The SMILES string of the molecule is Cc1ccc(-c2nccc(Oc3cccc(C(=O)NCc4ccccc4)c3)n2)cc1. The van der Waals surface area contributed by atoms with Crippen LogP contribution in [0.3, 0.4) is 0 Å². The summed E-state index contributed by atoms with van der Waals surface area (Å²) in [7, 11) is 0. The first kappa shape index (κ1) is 19.3. The Bertz CT molecular complexity index is 1140. The number of rotatable bonds is 6. The van der Waals surface area contributed by atoms with Crippen molar-refractivity contribution >= 4 is 5.91 Å². The van der Waals surface area contributed by atoms with Crippen LogP contribution in [0.5, 0.6) is 11.6 Å². The first-order valence-electron chi connectivity index (χ1n) is 9.67. The van der Waals surface area contributed by atoms with Gasteiger partial charge in [-0.2, -0.15) is 4.98 Å². The van der Waals surface area contributed by atoms with Crippen LogP contribution in [0, 0.1) is 6.92 Å². The van der Waals surface area contributed by atoms with Crippen molar-refractivity contribution in [2.24, 2.45) is 0 Å². The van der Waals surface area contributed by atoms with E-state index in [1.807, 2.05) is 61.5 Å². The Morgan fingerprint density at radius 3 is 2.53 bits per heavy atom. The average Bonchev–Trinajstić information content (AvgIpc) is 2.79. The number of hydrogen-bond acceptors (Lipinski definition) is 4. The van der Waals surface area contributed by atoms with Crippen molar-refractivity contribution in [2.45, 2.75) is 13.5 Å². The van der Waals surface area contributed by atoms with Gasteiger partial charge >= 0.3 is 0 Å². The molecule has 0 bridgehead atoms. The van der Waals surface area contributed by atoms with E-state index >= 15 is 0 Å². The van der Waals surface area contributed by atoms with Gasteiger partial charge in [-0.1, -0.05) is 66.2 Å². The van der Waals surface area contributed by atoms with E-state index < -0.39 is 0 Å². The molecule has 3 aromatic carbocycles.